The van der Waals surface area contributed by atoms with Gasteiger partial charge in [0, 0.05) is 18.9 Å². The Bertz CT molecular complexity index is 492. The molecule has 0 spiro atoms. The molecule has 0 aliphatic carbocycles. The number of nitrogens with two attached hydrogens (primary N) is 1. The molecular formula is C15H18N2O. The average Bonchev–Trinajstić information content (AvgIpc) is 2.40. The third-order valence-corrected chi connectivity index (χ3v) is 2.73. The van der Waals surface area contributed by atoms with Crippen LogP contribution in [0.15, 0.2) is 48.8 Å². The van der Waals surface area contributed by atoms with Gasteiger partial charge in [0.05, 0.1) is 0 Å². The zero-order valence-electron chi connectivity index (χ0n) is 10.8. The first-order valence-electron chi connectivity index (χ1n) is 6.00. The van der Waals surface area contributed by atoms with Crippen LogP contribution in [0.5, 0.6) is 5.75 Å². The van der Waals surface area contributed by atoms with Crippen LogP contribution >= 0.6 is 0 Å². The zero-order valence-corrected chi connectivity index (χ0v) is 10.8. The lowest BCUT2D eigenvalue weighted by Gasteiger charge is -2.24. The fourth-order valence-corrected chi connectivity index (χ4v) is 1.61. The monoisotopic (exact) mass is 242 g/mol. The molecule has 18 heavy (non-hydrogen) atoms. The van der Waals surface area contributed by atoms with Crippen LogP contribution < -0.4 is 10.5 Å². The smallest absolute Gasteiger partial charge is 0.120 e. The van der Waals surface area contributed by atoms with Gasteiger partial charge in [-0.05, 0) is 43.2 Å². The van der Waals surface area contributed by atoms with E-state index in [1.165, 1.54) is 0 Å². The van der Waals surface area contributed by atoms with Crippen molar-refractivity contribution >= 4 is 0 Å². The molecule has 1 heterocycles. The van der Waals surface area contributed by atoms with E-state index in [9.17, 15) is 0 Å². The van der Waals surface area contributed by atoms with Gasteiger partial charge in [0.1, 0.15) is 11.4 Å². The van der Waals surface area contributed by atoms with Gasteiger partial charge in [0.2, 0.25) is 0 Å². The molecule has 0 aliphatic rings. The molecule has 3 heteroatoms. The second-order valence-corrected chi connectivity index (χ2v) is 4.83. The van der Waals surface area contributed by atoms with Gasteiger partial charge in [-0.25, -0.2) is 0 Å². The average molecular weight is 242 g/mol. The van der Waals surface area contributed by atoms with Crippen molar-refractivity contribution < 1.29 is 4.74 Å². The third kappa shape index (κ3) is 3.08. The highest BCUT2D eigenvalue weighted by Crippen LogP contribution is 2.23. The predicted octanol–water partition coefficient (Wildman–Crippen LogP) is 2.86. The number of aromatic nitrogens is 1. The van der Waals surface area contributed by atoms with E-state index in [0.29, 0.717) is 6.54 Å². The van der Waals surface area contributed by atoms with Crippen LogP contribution in [-0.2, 0) is 0 Å². The largest absolute Gasteiger partial charge is 0.487 e. The second-order valence-electron chi connectivity index (χ2n) is 4.83. The summed E-state index contributed by atoms with van der Waals surface area (Å²) in [6.45, 7) is 4.43. The highest BCUT2D eigenvalue weighted by Gasteiger charge is 2.16. The maximum Gasteiger partial charge on any atom is 0.120 e. The first kappa shape index (κ1) is 12.6. The number of rotatable bonds is 4. The molecule has 1 aromatic heterocycles. The Morgan fingerprint density at radius 2 is 1.83 bits per heavy atom. The van der Waals surface area contributed by atoms with Gasteiger partial charge in [0.15, 0.2) is 0 Å². The third-order valence-electron chi connectivity index (χ3n) is 2.73. The Kier molecular flexibility index (Phi) is 3.63. The van der Waals surface area contributed by atoms with Gasteiger partial charge in [-0.2, -0.15) is 0 Å². The van der Waals surface area contributed by atoms with E-state index in [4.69, 9.17) is 10.5 Å². The number of hydrogen-bond acceptors (Lipinski definition) is 3. The van der Waals surface area contributed by atoms with Crippen LogP contribution in [0, 0.1) is 0 Å². The minimum atomic E-state index is -0.337. The maximum atomic E-state index is 5.80. The fourth-order valence-electron chi connectivity index (χ4n) is 1.61. The van der Waals surface area contributed by atoms with Crippen molar-refractivity contribution in [2.75, 3.05) is 6.54 Å². The summed E-state index contributed by atoms with van der Waals surface area (Å²) < 4.78 is 5.80. The maximum absolute atomic E-state index is 5.80. The van der Waals surface area contributed by atoms with Crippen LogP contribution in [0.2, 0.25) is 0 Å². The molecule has 2 N–H and O–H groups in total. The van der Waals surface area contributed by atoms with Crippen molar-refractivity contribution in [3.8, 4) is 16.9 Å². The Morgan fingerprint density at radius 1 is 1.11 bits per heavy atom. The molecule has 0 amide bonds. The molecule has 3 nitrogen and oxygen atoms in total. The lowest BCUT2D eigenvalue weighted by atomic mass is 10.1. The summed E-state index contributed by atoms with van der Waals surface area (Å²) in [7, 11) is 0. The van der Waals surface area contributed by atoms with Crippen LogP contribution in [0.1, 0.15) is 13.8 Å². The molecule has 94 valence electrons. The normalized spacial score (nSPS) is 11.3. The quantitative estimate of drug-likeness (QED) is 0.896. The fraction of sp³-hybridized carbons (Fsp3) is 0.267. The summed E-state index contributed by atoms with van der Waals surface area (Å²) in [5.41, 5.74) is 7.53. The predicted molar refractivity (Wildman–Crippen MR) is 73.4 cm³/mol. The molecular weight excluding hydrogens is 224 g/mol. The summed E-state index contributed by atoms with van der Waals surface area (Å²) in [5, 5.41) is 0. The number of benzene rings is 1. The first-order chi connectivity index (χ1) is 8.61. The van der Waals surface area contributed by atoms with Gasteiger partial charge in [-0.15, -0.1) is 0 Å². The molecule has 0 aliphatic heterocycles. The van der Waals surface area contributed by atoms with Gasteiger partial charge in [-0.3, -0.25) is 4.98 Å². The van der Waals surface area contributed by atoms with Crippen molar-refractivity contribution in [1.29, 1.82) is 0 Å². The van der Waals surface area contributed by atoms with E-state index in [-0.39, 0.29) is 5.60 Å². The minimum absolute atomic E-state index is 0.337. The molecule has 0 unspecified atom stereocenters. The van der Waals surface area contributed by atoms with E-state index in [1.807, 2.05) is 56.4 Å². The Balaban J connectivity index is 2.16. The summed E-state index contributed by atoms with van der Waals surface area (Å²) in [6.07, 6.45) is 3.62. The number of pyridine rings is 1. The van der Waals surface area contributed by atoms with Gasteiger partial charge in [0.25, 0.3) is 0 Å². The molecule has 0 saturated heterocycles. The van der Waals surface area contributed by atoms with E-state index in [0.717, 1.165) is 16.9 Å². The summed E-state index contributed by atoms with van der Waals surface area (Å²) in [6, 6.07) is 11.9. The molecule has 2 rings (SSSR count). The molecule has 0 atom stereocenters. The van der Waals surface area contributed by atoms with E-state index < -0.39 is 0 Å². The first-order valence-corrected chi connectivity index (χ1v) is 6.00. The Morgan fingerprint density at radius 3 is 2.39 bits per heavy atom. The molecule has 2 aromatic rings. The van der Waals surface area contributed by atoms with Crippen molar-refractivity contribution in [3.05, 3.63) is 48.8 Å². The Labute approximate surface area is 108 Å². The lowest BCUT2D eigenvalue weighted by Crippen LogP contribution is -2.37. The van der Waals surface area contributed by atoms with Gasteiger partial charge >= 0.3 is 0 Å². The summed E-state index contributed by atoms with van der Waals surface area (Å²) >= 11 is 0. The van der Waals surface area contributed by atoms with Crippen LogP contribution in [0.25, 0.3) is 11.1 Å². The molecule has 0 fully saturated rings. The summed E-state index contributed by atoms with van der Waals surface area (Å²) in [4.78, 5) is 4.11. The Hall–Kier alpha value is -1.87. The number of nitrogens with zero attached hydrogens (tertiary/aromatic N) is 1. The SMILES string of the molecule is CC(C)(CN)Oc1ccc(-c2cccnc2)cc1. The second kappa shape index (κ2) is 5.19. The molecule has 0 bridgehead atoms. The number of hydrogen-bond donors (Lipinski definition) is 1. The molecule has 0 saturated carbocycles. The van der Waals surface area contributed by atoms with E-state index in [1.54, 1.807) is 6.20 Å². The van der Waals surface area contributed by atoms with Crippen molar-refractivity contribution in [3.63, 3.8) is 0 Å². The van der Waals surface area contributed by atoms with E-state index in [2.05, 4.69) is 4.98 Å². The van der Waals surface area contributed by atoms with Crippen molar-refractivity contribution in [2.24, 2.45) is 5.73 Å². The van der Waals surface area contributed by atoms with Crippen LogP contribution in [0.3, 0.4) is 0 Å². The highest BCUT2D eigenvalue weighted by atomic mass is 16.5. The minimum Gasteiger partial charge on any atom is -0.487 e. The van der Waals surface area contributed by atoms with Crippen molar-refractivity contribution in [1.82, 2.24) is 4.98 Å². The number of ether oxygens (including phenoxy) is 1. The highest BCUT2D eigenvalue weighted by molar-refractivity contribution is 5.62. The zero-order chi connectivity index (χ0) is 13.0. The molecule has 0 radical (unpaired) electrons. The summed E-state index contributed by atoms with van der Waals surface area (Å²) in [5.74, 6) is 0.832. The van der Waals surface area contributed by atoms with Crippen molar-refractivity contribution in [2.45, 2.75) is 19.4 Å². The van der Waals surface area contributed by atoms with Gasteiger partial charge in [-0.1, -0.05) is 18.2 Å². The van der Waals surface area contributed by atoms with Crippen LogP contribution in [0.4, 0.5) is 0 Å². The lowest BCUT2D eigenvalue weighted by molar-refractivity contribution is 0.119. The standard InChI is InChI=1S/C15H18N2O/c1-15(2,11-16)18-14-7-5-12(6-8-14)13-4-3-9-17-10-13/h3-10H,11,16H2,1-2H3. The topological polar surface area (TPSA) is 48.1 Å². The van der Waals surface area contributed by atoms with Gasteiger partial charge < -0.3 is 10.5 Å². The van der Waals surface area contributed by atoms with Crippen LogP contribution in [-0.4, -0.2) is 17.1 Å². The molecule has 1 aromatic carbocycles. The van der Waals surface area contributed by atoms with E-state index >= 15 is 0 Å².